The second kappa shape index (κ2) is 5.88. The van der Waals surface area contributed by atoms with Gasteiger partial charge in [-0.15, -0.1) is 0 Å². The van der Waals surface area contributed by atoms with Crippen LogP contribution in [-0.4, -0.2) is 5.91 Å². The number of nitrogens with two attached hydrogens (primary N) is 1. The molecule has 0 aliphatic heterocycles. The second-order valence-corrected chi connectivity index (χ2v) is 4.60. The molecule has 0 fully saturated rings. The van der Waals surface area contributed by atoms with E-state index < -0.39 is 28.8 Å². The van der Waals surface area contributed by atoms with Crippen molar-refractivity contribution < 1.29 is 13.6 Å². The van der Waals surface area contributed by atoms with Crippen molar-refractivity contribution >= 4 is 23.2 Å². The Hall–Kier alpha value is -2.14. The topological polar surface area (TPSA) is 55.1 Å². The van der Waals surface area contributed by atoms with E-state index >= 15 is 0 Å². The zero-order valence-electron chi connectivity index (χ0n) is 10.3. The van der Waals surface area contributed by atoms with Gasteiger partial charge in [-0.25, -0.2) is 8.78 Å². The molecule has 0 saturated carbocycles. The minimum atomic E-state index is -0.931. The van der Waals surface area contributed by atoms with E-state index in [1.54, 1.807) is 24.3 Å². The summed E-state index contributed by atoms with van der Waals surface area (Å²) in [4.78, 5) is 11.8. The van der Waals surface area contributed by atoms with Crippen LogP contribution in [0.25, 0.3) is 0 Å². The molecule has 2 aromatic rings. The number of halogens is 3. The Bertz CT molecular complexity index is 644. The highest BCUT2D eigenvalue weighted by Gasteiger charge is 2.15. The van der Waals surface area contributed by atoms with E-state index in [0.717, 1.165) is 17.7 Å². The van der Waals surface area contributed by atoms with Crippen molar-refractivity contribution in [3.63, 3.8) is 0 Å². The lowest BCUT2D eigenvalue weighted by atomic mass is 10.1. The van der Waals surface area contributed by atoms with E-state index in [4.69, 9.17) is 17.3 Å². The number of amides is 1. The highest BCUT2D eigenvalue weighted by atomic mass is 35.5. The van der Waals surface area contributed by atoms with Crippen LogP contribution in [0, 0.1) is 11.6 Å². The SMILES string of the molecule is Nc1cc(F)cc(C(=O)NCc2ccc(Cl)cc2)c1F. The molecule has 0 bridgehead atoms. The minimum absolute atomic E-state index is 0.172. The first-order valence-corrected chi connectivity index (χ1v) is 6.12. The maximum atomic E-state index is 13.6. The second-order valence-electron chi connectivity index (χ2n) is 4.17. The molecule has 1 amide bonds. The number of hydrogen-bond donors (Lipinski definition) is 2. The Morgan fingerprint density at radius 3 is 2.50 bits per heavy atom. The third-order valence-electron chi connectivity index (χ3n) is 2.68. The molecule has 3 N–H and O–H groups in total. The average molecular weight is 297 g/mol. The summed E-state index contributed by atoms with van der Waals surface area (Å²) < 4.78 is 26.8. The molecule has 0 heterocycles. The van der Waals surface area contributed by atoms with Crippen LogP contribution in [0.4, 0.5) is 14.5 Å². The number of nitrogen functional groups attached to an aromatic ring is 1. The predicted octanol–water partition coefficient (Wildman–Crippen LogP) is 3.13. The van der Waals surface area contributed by atoms with E-state index in [1.807, 2.05) is 0 Å². The van der Waals surface area contributed by atoms with E-state index in [9.17, 15) is 13.6 Å². The lowest BCUT2D eigenvalue weighted by Crippen LogP contribution is -2.24. The Morgan fingerprint density at radius 1 is 1.20 bits per heavy atom. The van der Waals surface area contributed by atoms with Crippen molar-refractivity contribution in [2.45, 2.75) is 6.54 Å². The molecule has 0 spiro atoms. The lowest BCUT2D eigenvalue weighted by Gasteiger charge is -2.08. The highest BCUT2D eigenvalue weighted by Crippen LogP contribution is 2.17. The molecule has 0 unspecified atom stereocenters. The monoisotopic (exact) mass is 296 g/mol. The molecule has 0 radical (unpaired) electrons. The van der Waals surface area contributed by atoms with E-state index in [0.29, 0.717) is 5.02 Å². The molecule has 3 nitrogen and oxygen atoms in total. The van der Waals surface area contributed by atoms with E-state index in [-0.39, 0.29) is 6.54 Å². The summed E-state index contributed by atoms with van der Waals surface area (Å²) in [6.45, 7) is 0.172. The molecule has 0 aromatic heterocycles. The van der Waals surface area contributed by atoms with Gasteiger partial charge in [-0.05, 0) is 29.8 Å². The first-order valence-electron chi connectivity index (χ1n) is 5.74. The fraction of sp³-hybridized carbons (Fsp3) is 0.0714. The molecule has 6 heteroatoms. The Morgan fingerprint density at radius 2 is 1.85 bits per heavy atom. The maximum absolute atomic E-state index is 13.6. The van der Waals surface area contributed by atoms with Crippen molar-refractivity contribution in [1.29, 1.82) is 0 Å². The van der Waals surface area contributed by atoms with Gasteiger partial charge >= 0.3 is 0 Å². The van der Waals surface area contributed by atoms with Crippen molar-refractivity contribution in [3.05, 3.63) is 64.2 Å². The van der Waals surface area contributed by atoms with Crippen LogP contribution in [0.5, 0.6) is 0 Å². The smallest absolute Gasteiger partial charge is 0.254 e. The summed E-state index contributed by atoms with van der Waals surface area (Å²) in [5.74, 6) is -2.43. The molecule has 0 atom stereocenters. The number of benzene rings is 2. The molecule has 0 saturated heterocycles. The first kappa shape index (κ1) is 14.3. The highest BCUT2D eigenvalue weighted by molar-refractivity contribution is 6.30. The Kier molecular flexibility index (Phi) is 4.20. The third-order valence-corrected chi connectivity index (χ3v) is 2.93. The number of anilines is 1. The Labute approximate surface area is 119 Å². The molecular weight excluding hydrogens is 286 g/mol. The number of nitrogens with one attached hydrogen (secondary N) is 1. The van der Waals surface area contributed by atoms with Gasteiger partial charge in [0, 0.05) is 11.6 Å². The maximum Gasteiger partial charge on any atom is 0.254 e. The van der Waals surface area contributed by atoms with E-state index in [2.05, 4.69) is 5.32 Å². The van der Waals surface area contributed by atoms with Gasteiger partial charge in [0.25, 0.3) is 5.91 Å². The van der Waals surface area contributed by atoms with Crippen LogP contribution in [0.15, 0.2) is 36.4 Å². The van der Waals surface area contributed by atoms with Gasteiger partial charge in [-0.2, -0.15) is 0 Å². The summed E-state index contributed by atoms with van der Waals surface area (Å²) in [7, 11) is 0. The lowest BCUT2D eigenvalue weighted by molar-refractivity contribution is 0.0946. The first-order chi connectivity index (χ1) is 9.47. The van der Waals surface area contributed by atoms with Gasteiger partial charge < -0.3 is 11.1 Å². The number of rotatable bonds is 3. The van der Waals surface area contributed by atoms with Crippen molar-refractivity contribution in [2.75, 3.05) is 5.73 Å². The largest absolute Gasteiger partial charge is 0.396 e. The van der Waals surface area contributed by atoms with Gasteiger partial charge in [0.15, 0.2) is 5.82 Å². The molecule has 20 heavy (non-hydrogen) atoms. The van der Waals surface area contributed by atoms with Crippen molar-refractivity contribution in [2.24, 2.45) is 0 Å². The van der Waals surface area contributed by atoms with Gasteiger partial charge in [0.1, 0.15) is 5.82 Å². The van der Waals surface area contributed by atoms with Gasteiger partial charge in [0.2, 0.25) is 0 Å². The number of carbonyl (C=O) groups excluding carboxylic acids is 1. The Balaban J connectivity index is 2.11. The van der Waals surface area contributed by atoms with Crippen LogP contribution in [0.2, 0.25) is 5.02 Å². The summed E-state index contributed by atoms with van der Waals surface area (Å²) in [6, 6.07) is 8.42. The van der Waals surface area contributed by atoms with Crippen LogP contribution in [0.1, 0.15) is 15.9 Å². The van der Waals surface area contributed by atoms with E-state index in [1.165, 1.54) is 0 Å². The summed E-state index contributed by atoms with van der Waals surface area (Å²) in [5, 5.41) is 3.06. The molecule has 0 aliphatic rings. The fourth-order valence-corrected chi connectivity index (χ4v) is 1.78. The van der Waals surface area contributed by atoms with Crippen LogP contribution in [-0.2, 0) is 6.54 Å². The predicted molar refractivity (Wildman–Crippen MR) is 73.4 cm³/mol. The van der Waals surface area contributed by atoms with Crippen LogP contribution >= 0.6 is 11.6 Å². The zero-order chi connectivity index (χ0) is 14.7. The van der Waals surface area contributed by atoms with Crippen LogP contribution in [0.3, 0.4) is 0 Å². The molecule has 104 valence electrons. The zero-order valence-corrected chi connectivity index (χ0v) is 11.0. The minimum Gasteiger partial charge on any atom is -0.396 e. The fourth-order valence-electron chi connectivity index (χ4n) is 1.66. The quantitative estimate of drug-likeness (QED) is 0.855. The summed E-state index contributed by atoms with van der Waals surface area (Å²) in [6.07, 6.45) is 0. The summed E-state index contributed by atoms with van der Waals surface area (Å²) >= 11 is 5.73. The van der Waals surface area contributed by atoms with Gasteiger partial charge in [0.05, 0.1) is 11.3 Å². The molecule has 2 rings (SSSR count). The van der Waals surface area contributed by atoms with Crippen molar-refractivity contribution in [3.8, 4) is 0 Å². The number of hydrogen-bond acceptors (Lipinski definition) is 2. The number of carbonyl (C=O) groups is 1. The normalized spacial score (nSPS) is 10.3. The third kappa shape index (κ3) is 3.24. The van der Waals surface area contributed by atoms with Gasteiger partial charge in [-0.3, -0.25) is 4.79 Å². The molecule has 0 aliphatic carbocycles. The summed E-state index contributed by atoms with van der Waals surface area (Å²) in [5.41, 5.74) is 5.24. The molecular formula is C14H11ClF2N2O. The standard InChI is InChI=1S/C14H11ClF2N2O/c15-9-3-1-8(2-4-9)7-19-14(20)11-5-10(16)6-12(18)13(11)17/h1-6H,7,18H2,(H,19,20). The average Bonchev–Trinajstić information content (AvgIpc) is 2.42. The van der Waals surface area contributed by atoms with Crippen LogP contribution < -0.4 is 11.1 Å². The molecule has 2 aromatic carbocycles. The van der Waals surface area contributed by atoms with Gasteiger partial charge in [-0.1, -0.05) is 23.7 Å². The van der Waals surface area contributed by atoms with Crippen molar-refractivity contribution in [1.82, 2.24) is 5.32 Å².